The van der Waals surface area contributed by atoms with E-state index in [1.165, 1.54) is 5.57 Å². The molecule has 1 nitrogen and oxygen atoms in total. The summed E-state index contributed by atoms with van der Waals surface area (Å²) >= 11 is 0. The number of allylic oxidation sites excluding steroid dienone is 3. The first-order valence-corrected chi connectivity index (χ1v) is 5.81. The van der Waals surface area contributed by atoms with Gasteiger partial charge in [-0.05, 0) is 29.7 Å². The van der Waals surface area contributed by atoms with Crippen molar-refractivity contribution >= 4 is 9.62 Å². The lowest BCUT2D eigenvalue weighted by Gasteiger charge is -2.15. The van der Waals surface area contributed by atoms with Crippen molar-refractivity contribution in [3.05, 3.63) is 34.7 Å². The number of hydrogen-bond donors (Lipinski definition) is 1. The maximum atomic E-state index is 6.07. The van der Waals surface area contributed by atoms with Crippen LogP contribution in [-0.2, 0) is 0 Å². The summed E-state index contributed by atoms with van der Waals surface area (Å²) in [4.78, 5) is 0. The highest BCUT2D eigenvalue weighted by Gasteiger charge is 2.08. The average Bonchev–Trinajstić information content (AvgIpc) is 2.30. The predicted molar refractivity (Wildman–Crippen MR) is 58.0 cm³/mol. The molecular weight excluding hydrogens is 166 g/mol. The minimum atomic E-state index is -1.36. The molecule has 0 fully saturated rings. The summed E-state index contributed by atoms with van der Waals surface area (Å²) < 4.78 is 3.19. The second kappa shape index (κ2) is 3.26. The Hall–Kier alpha value is -0.850. The molecular formula is C10H15NS. The van der Waals surface area contributed by atoms with Crippen molar-refractivity contribution in [3.8, 4) is 5.69 Å². The molecule has 2 heteroatoms. The first-order chi connectivity index (χ1) is 5.56. The van der Waals surface area contributed by atoms with Crippen molar-refractivity contribution in [2.45, 2.75) is 20.3 Å². The van der Waals surface area contributed by atoms with Gasteiger partial charge in [0.05, 0.1) is 0 Å². The summed E-state index contributed by atoms with van der Waals surface area (Å²) in [5.74, 6) is 0. The normalized spacial score (nSPS) is 26.9. The van der Waals surface area contributed by atoms with E-state index in [1.54, 1.807) is 0 Å². The van der Waals surface area contributed by atoms with E-state index in [0.29, 0.717) is 0 Å². The second-order valence-corrected chi connectivity index (χ2v) is 5.23. The molecule has 0 saturated carbocycles. The van der Waals surface area contributed by atoms with Crippen molar-refractivity contribution in [1.82, 2.24) is 4.72 Å². The molecule has 0 aromatic heterocycles. The van der Waals surface area contributed by atoms with Gasteiger partial charge in [0.1, 0.15) is 0 Å². The van der Waals surface area contributed by atoms with Gasteiger partial charge >= 0.3 is 0 Å². The summed E-state index contributed by atoms with van der Waals surface area (Å²) in [5, 5.41) is 4.15. The fourth-order valence-corrected chi connectivity index (χ4v) is 3.05. The molecule has 0 saturated heterocycles. The summed E-state index contributed by atoms with van der Waals surface area (Å²) in [7, 11) is -1.36. The highest BCUT2D eigenvalue weighted by atomic mass is 32.2. The summed E-state index contributed by atoms with van der Waals surface area (Å²) in [6, 6.07) is 0. The zero-order chi connectivity index (χ0) is 9.19. The zero-order valence-electron chi connectivity index (χ0n) is 7.63. The van der Waals surface area contributed by atoms with Gasteiger partial charge in [-0.15, -0.1) is 5.69 Å². The first-order valence-electron chi connectivity index (χ1n) is 3.99. The lowest BCUT2D eigenvalue weighted by Crippen LogP contribution is -2.03. The molecule has 1 aliphatic heterocycles. The third kappa shape index (κ3) is 2.07. The third-order valence-corrected chi connectivity index (χ3v) is 3.59. The highest BCUT2D eigenvalue weighted by molar-refractivity contribution is 8.27. The number of nitrogens with one attached hydrogen (secondary N) is 1. The van der Waals surface area contributed by atoms with Gasteiger partial charge < -0.3 is 4.72 Å². The van der Waals surface area contributed by atoms with E-state index >= 15 is 0 Å². The minimum absolute atomic E-state index is 0.922. The Morgan fingerprint density at radius 3 is 2.83 bits per heavy atom. The smallest absolute Gasteiger partial charge is 0.0106 e. The van der Waals surface area contributed by atoms with Crippen LogP contribution in [0.3, 0.4) is 0 Å². The van der Waals surface area contributed by atoms with Crippen LogP contribution in [0.2, 0.25) is 0 Å². The molecule has 66 valence electrons. The van der Waals surface area contributed by atoms with E-state index in [4.69, 9.17) is 5.69 Å². The van der Waals surface area contributed by atoms with Gasteiger partial charge in [0.25, 0.3) is 0 Å². The highest BCUT2D eigenvalue weighted by Crippen LogP contribution is 2.39. The molecule has 0 radical (unpaired) electrons. The molecule has 0 spiro atoms. The maximum Gasteiger partial charge on any atom is 0.0106 e. The molecule has 1 unspecified atom stereocenters. The van der Waals surface area contributed by atoms with Crippen LogP contribution < -0.4 is 4.72 Å². The standard InChI is InChI=1S/C10H15NS/c1-5-10-6-7-12(4,8-10)11-9(2)3/h4,6-8,11H,2,5H2,1,3H3. The van der Waals surface area contributed by atoms with Gasteiger partial charge in [-0.2, -0.15) is 0 Å². The Balaban J connectivity index is 2.81. The largest absolute Gasteiger partial charge is 0.337 e. The van der Waals surface area contributed by atoms with E-state index in [0.717, 1.165) is 12.1 Å². The molecule has 0 bridgehead atoms. The van der Waals surface area contributed by atoms with E-state index in [1.807, 2.05) is 12.3 Å². The van der Waals surface area contributed by atoms with Crippen LogP contribution in [0.25, 0.3) is 0 Å². The Morgan fingerprint density at radius 1 is 1.75 bits per heavy atom. The SMILES string of the molecule is C#S1(NC(=C)C)C=CC(CC)=C1. The molecule has 1 atom stereocenters. The number of rotatable bonds is 2. The van der Waals surface area contributed by atoms with Crippen LogP contribution in [0.5, 0.6) is 0 Å². The Labute approximate surface area is 75.5 Å². The minimum Gasteiger partial charge on any atom is -0.337 e. The van der Waals surface area contributed by atoms with Gasteiger partial charge in [0.15, 0.2) is 0 Å². The van der Waals surface area contributed by atoms with Crippen LogP contribution in [0.15, 0.2) is 34.7 Å². The van der Waals surface area contributed by atoms with Gasteiger partial charge in [-0.25, -0.2) is 0 Å². The fraction of sp³-hybridized carbons (Fsp3) is 0.300. The van der Waals surface area contributed by atoms with E-state index in [2.05, 4.69) is 29.7 Å². The summed E-state index contributed by atoms with van der Waals surface area (Å²) in [6.07, 6.45) is 3.13. The molecule has 0 aliphatic carbocycles. The van der Waals surface area contributed by atoms with Crippen LogP contribution in [0.1, 0.15) is 20.3 Å². The van der Waals surface area contributed by atoms with Crippen molar-refractivity contribution in [2.24, 2.45) is 0 Å². The van der Waals surface area contributed by atoms with Crippen LogP contribution in [-0.4, -0.2) is 0 Å². The Bertz CT molecular complexity index is 349. The predicted octanol–water partition coefficient (Wildman–Crippen LogP) is 3.24. The molecule has 1 heterocycles. The lowest BCUT2D eigenvalue weighted by molar-refractivity contribution is 1.16. The summed E-state index contributed by atoms with van der Waals surface area (Å²) in [6.45, 7) is 7.83. The Morgan fingerprint density at radius 2 is 2.42 bits per heavy atom. The average molecular weight is 181 g/mol. The van der Waals surface area contributed by atoms with Gasteiger partial charge in [-0.1, -0.05) is 29.2 Å². The van der Waals surface area contributed by atoms with E-state index in [-0.39, 0.29) is 0 Å². The van der Waals surface area contributed by atoms with Gasteiger partial charge in [-0.3, -0.25) is 0 Å². The molecule has 1 rings (SSSR count). The molecule has 0 aromatic rings. The molecule has 0 aromatic carbocycles. The monoisotopic (exact) mass is 181 g/mol. The van der Waals surface area contributed by atoms with Crippen molar-refractivity contribution in [2.75, 3.05) is 0 Å². The maximum absolute atomic E-state index is 6.07. The molecule has 0 amide bonds. The Kier molecular flexibility index (Phi) is 2.51. The quantitative estimate of drug-likeness (QED) is 0.689. The van der Waals surface area contributed by atoms with Crippen LogP contribution in [0.4, 0.5) is 0 Å². The second-order valence-electron chi connectivity index (χ2n) is 2.99. The zero-order valence-corrected chi connectivity index (χ0v) is 8.45. The van der Waals surface area contributed by atoms with Gasteiger partial charge in [0.2, 0.25) is 0 Å². The lowest BCUT2D eigenvalue weighted by atomic mass is 10.2. The van der Waals surface area contributed by atoms with Crippen LogP contribution in [0, 0.1) is 5.69 Å². The molecule has 1 N–H and O–H groups in total. The topological polar surface area (TPSA) is 12.0 Å². The molecule has 1 aliphatic rings. The number of hydrogen-bond acceptors (Lipinski definition) is 1. The third-order valence-electron chi connectivity index (χ3n) is 1.61. The van der Waals surface area contributed by atoms with Gasteiger partial charge in [0, 0.05) is 5.70 Å². The fourth-order valence-electron chi connectivity index (χ4n) is 1.10. The van der Waals surface area contributed by atoms with E-state index in [9.17, 15) is 0 Å². The van der Waals surface area contributed by atoms with Crippen molar-refractivity contribution in [3.63, 3.8) is 0 Å². The molecule has 12 heavy (non-hydrogen) atoms. The van der Waals surface area contributed by atoms with Crippen LogP contribution >= 0.6 is 9.62 Å². The summed E-state index contributed by atoms with van der Waals surface area (Å²) in [5.41, 5.74) is 8.30. The van der Waals surface area contributed by atoms with Crippen molar-refractivity contribution in [1.29, 1.82) is 0 Å². The van der Waals surface area contributed by atoms with E-state index < -0.39 is 9.62 Å². The first kappa shape index (κ1) is 9.24. The van der Waals surface area contributed by atoms with Crippen molar-refractivity contribution < 1.29 is 0 Å².